The molecule has 2 aromatic carbocycles. The molecule has 7 aromatic rings. The fourth-order valence-electron chi connectivity index (χ4n) is 5.89. The Morgan fingerprint density at radius 1 is 0.547 bits per heavy atom. The molecule has 0 atom stereocenters. The molecule has 0 bridgehead atoms. The van der Waals surface area contributed by atoms with Gasteiger partial charge in [0.25, 0.3) is 0 Å². The van der Waals surface area contributed by atoms with E-state index < -0.39 is 0 Å². The van der Waals surface area contributed by atoms with Crippen LogP contribution in [-0.4, -0.2) is 24.9 Å². The fraction of sp³-hybridized carbons (Fsp3) is 0.190. The zero-order chi connectivity index (χ0) is 36.9. The minimum Gasteiger partial charge on any atom is -0.426 e. The quantitative estimate of drug-likeness (QED) is 0.0905. The van der Waals surface area contributed by atoms with E-state index in [-0.39, 0.29) is 11.6 Å². The highest BCUT2D eigenvalue weighted by molar-refractivity contribution is 7.94. The molecule has 0 N–H and O–H groups in total. The number of benzene rings is 2. The third-order valence-corrected chi connectivity index (χ3v) is 15.9. The molecule has 5 heterocycles. The lowest BCUT2D eigenvalue weighted by Gasteiger charge is -2.01. The lowest BCUT2D eigenvalue weighted by molar-refractivity contribution is -0.117. The molecule has 53 heavy (non-hydrogen) atoms. The van der Waals surface area contributed by atoms with Gasteiger partial charge in [-0.1, -0.05) is 12.1 Å². The van der Waals surface area contributed by atoms with Crippen molar-refractivity contribution in [1.82, 2.24) is 0 Å². The van der Waals surface area contributed by atoms with Gasteiger partial charge >= 0.3 is 0 Å². The second-order valence-corrected chi connectivity index (χ2v) is 19.2. The highest BCUT2D eigenvalue weighted by Crippen LogP contribution is 2.49. The minimum absolute atomic E-state index is 0.197. The molecule has 4 nitrogen and oxygen atoms in total. The zero-order valence-corrected chi connectivity index (χ0v) is 35.3. The molecule has 0 saturated heterocycles. The Kier molecular flexibility index (Phi) is 12.5. The van der Waals surface area contributed by atoms with Crippen LogP contribution in [0, 0.1) is 0 Å². The molecule has 0 aliphatic rings. The zero-order valence-electron chi connectivity index (χ0n) is 29.6. The molecule has 0 radical (unpaired) electrons. The molecular weight excluding hydrogens is 793 g/mol. The highest BCUT2D eigenvalue weighted by Gasteiger charge is 2.20. The van der Waals surface area contributed by atoms with Crippen LogP contribution in [0.3, 0.4) is 0 Å². The SMILES string of the molecule is COSc1ccc(-c2ccc(-c3cc(CCC(C)=O)c(-c4ccc(-c5sc(-c6ccc(-c7ccc(OSC)cc7)s6)cc5CCC(C)=O)s4)s3)s2)cc1. The maximum atomic E-state index is 12.1. The van der Waals surface area contributed by atoms with Crippen molar-refractivity contribution in [2.75, 3.05) is 13.4 Å². The summed E-state index contributed by atoms with van der Waals surface area (Å²) in [5.74, 6) is 1.24. The van der Waals surface area contributed by atoms with Crippen LogP contribution in [0.5, 0.6) is 5.75 Å². The number of Topliss-reactive ketones (excluding diaryl/α,β-unsaturated/α-hetero) is 2. The predicted octanol–water partition coefficient (Wildman–Crippen LogP) is 14.3. The van der Waals surface area contributed by atoms with E-state index in [4.69, 9.17) is 8.37 Å². The molecule has 0 saturated carbocycles. The first-order valence-corrected chi connectivity index (χ1v) is 22.9. The number of aryl methyl sites for hydroxylation is 2. The summed E-state index contributed by atoms with van der Waals surface area (Å²) in [5, 5.41) is 0. The van der Waals surface area contributed by atoms with Gasteiger partial charge in [-0.15, -0.1) is 56.7 Å². The molecule has 0 amide bonds. The largest absolute Gasteiger partial charge is 0.426 e. The van der Waals surface area contributed by atoms with E-state index in [1.165, 1.54) is 89.5 Å². The third-order valence-electron chi connectivity index (χ3n) is 8.50. The van der Waals surface area contributed by atoms with E-state index in [1.807, 2.05) is 29.7 Å². The molecule has 0 fully saturated rings. The van der Waals surface area contributed by atoms with Crippen LogP contribution in [-0.2, 0) is 26.6 Å². The summed E-state index contributed by atoms with van der Waals surface area (Å²) in [6, 6.07) is 34.5. The van der Waals surface area contributed by atoms with Gasteiger partial charge in [0.15, 0.2) is 0 Å². The summed E-state index contributed by atoms with van der Waals surface area (Å²) in [5.41, 5.74) is 4.78. The number of ketones is 2. The number of carbonyl (C=O) groups is 2. The van der Waals surface area contributed by atoms with E-state index >= 15 is 0 Å². The Morgan fingerprint density at radius 2 is 0.981 bits per heavy atom. The van der Waals surface area contributed by atoms with Crippen LogP contribution in [0.4, 0.5) is 0 Å². The Balaban J connectivity index is 1.19. The van der Waals surface area contributed by atoms with Crippen LogP contribution < -0.4 is 4.18 Å². The van der Waals surface area contributed by atoms with Gasteiger partial charge in [0.1, 0.15) is 17.3 Å². The van der Waals surface area contributed by atoms with Gasteiger partial charge in [-0.25, -0.2) is 0 Å². The van der Waals surface area contributed by atoms with E-state index in [9.17, 15) is 9.59 Å². The molecule has 270 valence electrons. The summed E-state index contributed by atoms with van der Waals surface area (Å²) in [6.07, 6.45) is 4.38. The summed E-state index contributed by atoms with van der Waals surface area (Å²) < 4.78 is 10.8. The van der Waals surface area contributed by atoms with Crippen molar-refractivity contribution in [2.24, 2.45) is 0 Å². The van der Waals surface area contributed by atoms with Crippen LogP contribution in [0.15, 0.2) is 102 Å². The first kappa shape index (κ1) is 38.0. The van der Waals surface area contributed by atoms with Crippen LogP contribution in [0.1, 0.15) is 37.8 Å². The van der Waals surface area contributed by atoms with Crippen LogP contribution in [0.25, 0.3) is 59.9 Å². The average Bonchev–Trinajstić information content (AvgIpc) is 4.00. The molecule has 5 aromatic heterocycles. The summed E-state index contributed by atoms with van der Waals surface area (Å²) >= 11 is 11.7. The van der Waals surface area contributed by atoms with Crippen molar-refractivity contribution in [3.63, 3.8) is 0 Å². The normalized spacial score (nSPS) is 11.3. The van der Waals surface area contributed by atoms with E-state index in [0.29, 0.717) is 25.7 Å². The lowest BCUT2D eigenvalue weighted by atomic mass is 10.1. The number of carbonyl (C=O) groups excluding carboxylic acids is 2. The lowest BCUT2D eigenvalue weighted by Crippen LogP contribution is -1.93. The van der Waals surface area contributed by atoms with Crippen molar-refractivity contribution >= 4 is 92.3 Å². The smallest absolute Gasteiger partial charge is 0.137 e. The van der Waals surface area contributed by atoms with Crippen molar-refractivity contribution < 1.29 is 18.0 Å². The monoisotopic (exact) mass is 828 g/mol. The van der Waals surface area contributed by atoms with E-state index in [2.05, 4.69) is 84.9 Å². The van der Waals surface area contributed by atoms with Gasteiger partial charge in [0.2, 0.25) is 0 Å². The second kappa shape index (κ2) is 17.5. The predicted molar refractivity (Wildman–Crippen MR) is 233 cm³/mol. The number of hydrogen-bond donors (Lipinski definition) is 0. The highest BCUT2D eigenvalue weighted by atomic mass is 32.2. The van der Waals surface area contributed by atoms with Crippen molar-refractivity contribution in [3.05, 3.63) is 108 Å². The molecule has 11 heteroatoms. The van der Waals surface area contributed by atoms with Gasteiger partial charge in [0.05, 0.1) is 19.2 Å². The molecule has 0 aliphatic carbocycles. The number of rotatable bonds is 16. The first-order chi connectivity index (χ1) is 25.8. The van der Waals surface area contributed by atoms with Crippen molar-refractivity contribution in [3.8, 4) is 65.6 Å². The van der Waals surface area contributed by atoms with Gasteiger partial charge in [-0.05, 0) is 134 Å². The minimum atomic E-state index is 0.197. The summed E-state index contributed by atoms with van der Waals surface area (Å²) in [6.45, 7) is 3.34. The molecule has 0 aliphatic heterocycles. The molecular formula is C42H36O4S7. The summed E-state index contributed by atoms with van der Waals surface area (Å²) in [4.78, 5) is 37.5. The van der Waals surface area contributed by atoms with Gasteiger partial charge in [-0.2, -0.15) is 0 Å². The average molecular weight is 829 g/mol. The van der Waals surface area contributed by atoms with Gasteiger partial charge in [0, 0.05) is 84.8 Å². The Morgan fingerprint density at radius 3 is 1.43 bits per heavy atom. The Hall–Kier alpha value is -3.26. The van der Waals surface area contributed by atoms with Crippen molar-refractivity contribution in [1.29, 1.82) is 0 Å². The number of hydrogen-bond acceptors (Lipinski definition) is 11. The van der Waals surface area contributed by atoms with Crippen LogP contribution >= 0.6 is 80.8 Å². The maximum Gasteiger partial charge on any atom is 0.137 e. The fourth-order valence-corrected chi connectivity index (χ4v) is 12.5. The van der Waals surface area contributed by atoms with Crippen molar-refractivity contribution in [2.45, 2.75) is 44.4 Å². The van der Waals surface area contributed by atoms with Gasteiger partial charge in [-0.3, -0.25) is 0 Å². The topological polar surface area (TPSA) is 52.6 Å². The summed E-state index contributed by atoms with van der Waals surface area (Å²) in [7, 11) is 1.68. The second-order valence-electron chi connectivity index (χ2n) is 12.4. The first-order valence-electron chi connectivity index (χ1n) is 17.0. The van der Waals surface area contributed by atoms with E-state index in [1.54, 1.807) is 66.3 Å². The molecule has 0 spiro atoms. The third kappa shape index (κ3) is 9.17. The standard InChI is InChI=1S/C42H36O4S7/c1-25(43)5-7-29-23-39(35-19-17-33(48-35)27-9-13-31(14-10-27)46-47-4)51-41(29)37-21-22-38(50-37)42-30(8-6-26(2)44)24-40(52-42)36-20-18-34(49-36)28-11-15-32(16-12-28)53-45-3/h9-24H,5-8H2,1-4H3. The van der Waals surface area contributed by atoms with Gasteiger partial charge < -0.3 is 18.0 Å². The van der Waals surface area contributed by atoms with E-state index in [0.717, 1.165) is 16.2 Å². The Bertz CT molecular complexity index is 2170. The maximum absolute atomic E-state index is 12.1. The number of thiophene rings is 5. The molecule has 0 unspecified atom stereocenters. The van der Waals surface area contributed by atoms with Crippen LogP contribution in [0.2, 0.25) is 0 Å². The molecule has 7 rings (SSSR count). The Labute approximate surface area is 339 Å².